The van der Waals surface area contributed by atoms with Crippen LogP contribution in [-0.4, -0.2) is 60.9 Å². The molecule has 0 radical (unpaired) electrons. The zero-order valence-electron chi connectivity index (χ0n) is 11.7. The van der Waals surface area contributed by atoms with Crippen LogP contribution in [0, 0.1) is 5.92 Å². The third-order valence-corrected chi connectivity index (χ3v) is 3.24. The zero-order valence-corrected chi connectivity index (χ0v) is 11.7. The highest BCUT2D eigenvalue weighted by Gasteiger charge is 2.48. The Morgan fingerprint density at radius 1 is 1.37 bits per heavy atom. The van der Waals surface area contributed by atoms with Gasteiger partial charge in [0.05, 0.1) is 6.61 Å². The summed E-state index contributed by atoms with van der Waals surface area (Å²) in [6, 6.07) is -1.99. The zero-order chi connectivity index (χ0) is 14.8. The molecule has 0 spiro atoms. The molecule has 2 unspecified atom stereocenters. The van der Waals surface area contributed by atoms with E-state index in [1.165, 1.54) is 11.9 Å². The Morgan fingerprint density at radius 2 is 1.95 bits per heavy atom. The van der Waals surface area contributed by atoms with Gasteiger partial charge in [0.25, 0.3) is 0 Å². The molecule has 112 valence electrons. The van der Waals surface area contributed by atoms with E-state index in [0.29, 0.717) is 0 Å². The SMILES string of the molecule is CC(C)COC(=O)N1CC(C)N(C)C(C(F)(F)F)C1. The van der Waals surface area contributed by atoms with E-state index in [2.05, 4.69) is 0 Å². The van der Waals surface area contributed by atoms with E-state index >= 15 is 0 Å². The van der Waals surface area contributed by atoms with E-state index in [0.717, 1.165) is 4.90 Å². The van der Waals surface area contributed by atoms with Crippen molar-refractivity contribution >= 4 is 6.09 Å². The first-order chi connectivity index (χ1) is 8.62. The highest BCUT2D eigenvalue weighted by atomic mass is 19.4. The number of likely N-dealkylation sites (N-methyl/N-ethyl adjacent to an activating group) is 1. The number of nitrogens with zero attached hydrogens (tertiary/aromatic N) is 2. The van der Waals surface area contributed by atoms with Crippen molar-refractivity contribution in [1.82, 2.24) is 9.80 Å². The second-order valence-electron chi connectivity index (χ2n) is 5.45. The molecule has 1 aliphatic heterocycles. The highest BCUT2D eigenvalue weighted by Crippen LogP contribution is 2.29. The summed E-state index contributed by atoms with van der Waals surface area (Å²) in [5.41, 5.74) is 0. The van der Waals surface area contributed by atoms with E-state index < -0.39 is 18.3 Å². The van der Waals surface area contributed by atoms with Gasteiger partial charge in [-0.3, -0.25) is 4.90 Å². The van der Waals surface area contributed by atoms with E-state index in [4.69, 9.17) is 4.74 Å². The largest absolute Gasteiger partial charge is 0.449 e. The lowest BCUT2D eigenvalue weighted by atomic mass is 10.1. The first kappa shape index (κ1) is 16.1. The summed E-state index contributed by atoms with van der Waals surface area (Å²) in [6.45, 7) is 5.51. The maximum atomic E-state index is 12.9. The van der Waals surface area contributed by atoms with Gasteiger partial charge >= 0.3 is 12.3 Å². The Hall–Kier alpha value is -0.980. The fourth-order valence-corrected chi connectivity index (χ4v) is 1.98. The molecule has 0 bridgehead atoms. The van der Waals surface area contributed by atoms with Crippen LogP contribution in [0.25, 0.3) is 0 Å². The molecular formula is C12H21F3N2O2. The van der Waals surface area contributed by atoms with Crippen LogP contribution in [0.15, 0.2) is 0 Å². The molecule has 1 rings (SSSR count). The molecule has 1 fully saturated rings. The predicted octanol–water partition coefficient (Wildman–Crippen LogP) is 2.35. The first-order valence-electron chi connectivity index (χ1n) is 6.33. The molecule has 7 heteroatoms. The average Bonchev–Trinajstić information content (AvgIpc) is 2.27. The molecule has 1 amide bonds. The average molecular weight is 282 g/mol. The Labute approximate surface area is 111 Å². The lowest BCUT2D eigenvalue weighted by Crippen LogP contribution is -2.62. The van der Waals surface area contributed by atoms with Crippen molar-refractivity contribution in [2.45, 2.75) is 39.0 Å². The second kappa shape index (κ2) is 5.98. The van der Waals surface area contributed by atoms with Crippen molar-refractivity contribution in [3.05, 3.63) is 0 Å². The number of alkyl halides is 3. The molecule has 1 heterocycles. The van der Waals surface area contributed by atoms with Crippen LogP contribution in [0.3, 0.4) is 0 Å². The van der Waals surface area contributed by atoms with Gasteiger partial charge in [-0.05, 0) is 19.9 Å². The van der Waals surface area contributed by atoms with Crippen molar-refractivity contribution in [3.8, 4) is 0 Å². The van der Waals surface area contributed by atoms with Gasteiger partial charge in [0.15, 0.2) is 0 Å². The molecule has 0 aromatic heterocycles. The van der Waals surface area contributed by atoms with Crippen molar-refractivity contribution < 1.29 is 22.7 Å². The van der Waals surface area contributed by atoms with E-state index in [1.54, 1.807) is 6.92 Å². The number of amides is 1. The van der Waals surface area contributed by atoms with Gasteiger partial charge in [0, 0.05) is 19.1 Å². The molecular weight excluding hydrogens is 261 g/mol. The number of carbonyl (C=O) groups excluding carboxylic acids is 1. The molecule has 1 saturated heterocycles. The summed E-state index contributed by atoms with van der Waals surface area (Å²) in [4.78, 5) is 14.1. The smallest absolute Gasteiger partial charge is 0.409 e. The molecule has 0 aliphatic carbocycles. The first-order valence-corrected chi connectivity index (χ1v) is 6.33. The van der Waals surface area contributed by atoms with Crippen LogP contribution in [0.1, 0.15) is 20.8 Å². The van der Waals surface area contributed by atoms with Crippen molar-refractivity contribution in [3.63, 3.8) is 0 Å². The van der Waals surface area contributed by atoms with Crippen LogP contribution in [0.2, 0.25) is 0 Å². The maximum Gasteiger partial charge on any atom is 0.409 e. The van der Waals surface area contributed by atoms with Gasteiger partial charge in [0.2, 0.25) is 0 Å². The Balaban J connectivity index is 2.69. The minimum Gasteiger partial charge on any atom is -0.449 e. The molecule has 0 N–H and O–H groups in total. The van der Waals surface area contributed by atoms with Gasteiger partial charge in [-0.2, -0.15) is 13.2 Å². The Kier molecular flexibility index (Phi) is 5.06. The van der Waals surface area contributed by atoms with Gasteiger partial charge in [-0.25, -0.2) is 4.79 Å². The molecule has 1 aliphatic rings. The molecule has 19 heavy (non-hydrogen) atoms. The summed E-state index contributed by atoms with van der Waals surface area (Å²) in [5.74, 6) is 0.159. The summed E-state index contributed by atoms with van der Waals surface area (Å²) in [6.07, 6.45) is -5.01. The van der Waals surface area contributed by atoms with Gasteiger partial charge in [-0.1, -0.05) is 13.8 Å². The Bertz CT molecular complexity index is 321. The van der Waals surface area contributed by atoms with Gasteiger partial charge in [-0.15, -0.1) is 0 Å². The van der Waals surface area contributed by atoms with Crippen LogP contribution >= 0.6 is 0 Å². The number of ether oxygens (including phenoxy) is 1. The maximum absolute atomic E-state index is 12.9. The normalized spacial score (nSPS) is 25.8. The lowest BCUT2D eigenvalue weighted by Gasteiger charge is -2.43. The molecule has 0 aromatic carbocycles. The van der Waals surface area contributed by atoms with Crippen LogP contribution in [0.4, 0.5) is 18.0 Å². The number of carbonyl (C=O) groups is 1. The quantitative estimate of drug-likeness (QED) is 0.779. The summed E-state index contributed by atoms with van der Waals surface area (Å²) in [7, 11) is 1.43. The summed E-state index contributed by atoms with van der Waals surface area (Å²) >= 11 is 0. The number of hydrogen-bond donors (Lipinski definition) is 0. The van der Waals surface area contributed by atoms with Crippen LogP contribution in [-0.2, 0) is 4.74 Å². The van der Waals surface area contributed by atoms with Crippen molar-refractivity contribution in [1.29, 1.82) is 0 Å². The third kappa shape index (κ3) is 4.26. The number of hydrogen-bond acceptors (Lipinski definition) is 3. The minimum absolute atomic E-state index is 0.159. The van der Waals surface area contributed by atoms with Crippen LogP contribution < -0.4 is 0 Å². The standard InChI is InChI=1S/C12H21F3N2O2/c1-8(2)7-19-11(18)17-5-9(3)16(4)10(6-17)12(13,14)15/h8-10H,5-7H2,1-4H3. The molecule has 2 atom stereocenters. The number of piperazine rings is 1. The molecule has 0 saturated carbocycles. The van der Waals surface area contributed by atoms with Crippen molar-refractivity contribution in [2.75, 3.05) is 26.7 Å². The van der Waals surface area contributed by atoms with E-state index in [-0.39, 0.29) is 31.7 Å². The molecule has 4 nitrogen and oxygen atoms in total. The molecule has 0 aromatic rings. The van der Waals surface area contributed by atoms with E-state index in [9.17, 15) is 18.0 Å². The topological polar surface area (TPSA) is 32.8 Å². The number of halogens is 3. The fraction of sp³-hybridized carbons (Fsp3) is 0.917. The van der Waals surface area contributed by atoms with E-state index in [1.807, 2.05) is 13.8 Å². The lowest BCUT2D eigenvalue weighted by molar-refractivity contribution is -0.197. The van der Waals surface area contributed by atoms with Crippen LogP contribution in [0.5, 0.6) is 0 Å². The number of rotatable bonds is 2. The van der Waals surface area contributed by atoms with Gasteiger partial charge < -0.3 is 9.64 Å². The van der Waals surface area contributed by atoms with Gasteiger partial charge in [0.1, 0.15) is 6.04 Å². The fourth-order valence-electron chi connectivity index (χ4n) is 1.98. The monoisotopic (exact) mass is 282 g/mol. The van der Waals surface area contributed by atoms with Crippen molar-refractivity contribution in [2.24, 2.45) is 5.92 Å². The third-order valence-electron chi connectivity index (χ3n) is 3.24. The summed E-state index contributed by atoms with van der Waals surface area (Å²) < 4.78 is 43.7. The Morgan fingerprint density at radius 3 is 2.42 bits per heavy atom. The highest BCUT2D eigenvalue weighted by molar-refractivity contribution is 5.68. The minimum atomic E-state index is -4.35. The second-order valence-corrected chi connectivity index (χ2v) is 5.45. The summed E-state index contributed by atoms with van der Waals surface area (Å²) in [5, 5.41) is 0. The predicted molar refractivity (Wildman–Crippen MR) is 64.8 cm³/mol.